The van der Waals surface area contributed by atoms with E-state index in [1.54, 1.807) is 14.2 Å². The first-order chi connectivity index (χ1) is 12.8. The summed E-state index contributed by atoms with van der Waals surface area (Å²) in [5.41, 5.74) is 3.07. The average molecular weight is 370 g/mol. The second-order valence-electron chi connectivity index (χ2n) is 7.03. The van der Waals surface area contributed by atoms with Gasteiger partial charge in [-0.05, 0) is 43.7 Å². The lowest BCUT2D eigenvalue weighted by Gasteiger charge is -2.25. The number of carbonyl (C=O) groups is 1. The first-order valence-electron chi connectivity index (χ1n) is 9.17. The summed E-state index contributed by atoms with van der Waals surface area (Å²) in [6.07, 6.45) is 0. The monoisotopic (exact) mass is 370 g/mol. The van der Waals surface area contributed by atoms with Crippen molar-refractivity contribution >= 4 is 11.6 Å². The molecule has 0 aliphatic heterocycles. The SMILES string of the molecule is COc1ccc(CN(C)[C@H](C)C(=O)Nc2ccc(C(C)C)cc2)c(OC)c1. The number of carbonyl (C=O) groups excluding carboxylic acids is 1. The van der Waals surface area contributed by atoms with E-state index in [0.29, 0.717) is 12.5 Å². The van der Waals surface area contributed by atoms with E-state index in [-0.39, 0.29) is 11.9 Å². The van der Waals surface area contributed by atoms with E-state index in [0.717, 1.165) is 22.7 Å². The minimum absolute atomic E-state index is 0.0396. The van der Waals surface area contributed by atoms with Crippen molar-refractivity contribution in [2.24, 2.45) is 0 Å². The van der Waals surface area contributed by atoms with E-state index < -0.39 is 0 Å². The van der Waals surface area contributed by atoms with Gasteiger partial charge in [0.1, 0.15) is 11.5 Å². The van der Waals surface area contributed by atoms with Crippen LogP contribution in [-0.2, 0) is 11.3 Å². The van der Waals surface area contributed by atoms with Crippen LogP contribution in [0.3, 0.4) is 0 Å². The van der Waals surface area contributed by atoms with Crippen LogP contribution >= 0.6 is 0 Å². The molecule has 0 spiro atoms. The van der Waals surface area contributed by atoms with Gasteiger partial charge in [-0.15, -0.1) is 0 Å². The Labute approximate surface area is 162 Å². The molecule has 2 aromatic rings. The highest BCUT2D eigenvalue weighted by molar-refractivity contribution is 5.94. The highest BCUT2D eigenvalue weighted by Gasteiger charge is 2.20. The smallest absolute Gasteiger partial charge is 0.241 e. The van der Waals surface area contributed by atoms with Gasteiger partial charge in [0.05, 0.1) is 20.3 Å². The van der Waals surface area contributed by atoms with Crippen LogP contribution in [0.1, 0.15) is 37.8 Å². The van der Waals surface area contributed by atoms with E-state index in [1.807, 2.05) is 49.2 Å². The lowest BCUT2D eigenvalue weighted by Crippen LogP contribution is -2.39. The summed E-state index contributed by atoms with van der Waals surface area (Å²) in [5, 5.41) is 2.99. The van der Waals surface area contributed by atoms with E-state index in [2.05, 4.69) is 31.3 Å². The molecule has 0 saturated carbocycles. The predicted molar refractivity (Wildman–Crippen MR) is 110 cm³/mol. The summed E-state index contributed by atoms with van der Waals surface area (Å²) in [5.74, 6) is 1.92. The number of benzene rings is 2. The van der Waals surface area contributed by atoms with Gasteiger partial charge in [0.15, 0.2) is 0 Å². The van der Waals surface area contributed by atoms with Gasteiger partial charge in [-0.1, -0.05) is 32.0 Å². The predicted octanol–water partition coefficient (Wildman–Crippen LogP) is 4.29. The average Bonchev–Trinajstić information content (AvgIpc) is 2.67. The number of hydrogen-bond donors (Lipinski definition) is 1. The molecule has 2 rings (SSSR count). The van der Waals surface area contributed by atoms with Gasteiger partial charge >= 0.3 is 0 Å². The van der Waals surface area contributed by atoms with E-state index in [4.69, 9.17) is 9.47 Å². The standard InChI is InChI=1S/C22H30N2O3/c1-15(2)17-7-10-19(11-8-17)23-22(25)16(3)24(4)14-18-9-12-20(26-5)13-21(18)27-6/h7-13,15-16H,14H2,1-6H3,(H,23,25)/t16-/m1/s1. The number of rotatable bonds is 8. The number of nitrogens with zero attached hydrogens (tertiary/aromatic N) is 1. The van der Waals surface area contributed by atoms with Crippen LogP contribution in [0.4, 0.5) is 5.69 Å². The summed E-state index contributed by atoms with van der Waals surface area (Å²) in [7, 11) is 5.19. The molecule has 0 aliphatic rings. The van der Waals surface area contributed by atoms with Gasteiger partial charge in [-0.25, -0.2) is 0 Å². The second-order valence-corrected chi connectivity index (χ2v) is 7.03. The minimum atomic E-state index is -0.290. The Morgan fingerprint density at radius 2 is 1.70 bits per heavy atom. The molecule has 1 amide bonds. The first-order valence-corrected chi connectivity index (χ1v) is 9.17. The molecular formula is C22H30N2O3. The second kappa shape index (κ2) is 9.42. The maximum absolute atomic E-state index is 12.6. The summed E-state index contributed by atoms with van der Waals surface area (Å²) in [6, 6.07) is 13.4. The zero-order valence-electron chi connectivity index (χ0n) is 17.1. The Balaban J connectivity index is 2.01. The van der Waals surface area contributed by atoms with Gasteiger partial charge in [-0.2, -0.15) is 0 Å². The van der Waals surface area contributed by atoms with Crippen molar-refractivity contribution in [3.8, 4) is 11.5 Å². The fraction of sp³-hybridized carbons (Fsp3) is 0.409. The summed E-state index contributed by atoms with van der Waals surface area (Å²) in [6.45, 7) is 6.79. The van der Waals surface area contributed by atoms with Crippen molar-refractivity contribution in [3.63, 3.8) is 0 Å². The number of hydrogen-bond acceptors (Lipinski definition) is 4. The van der Waals surface area contributed by atoms with Crippen LogP contribution in [0, 0.1) is 0 Å². The molecule has 0 aromatic heterocycles. The molecule has 0 aliphatic carbocycles. The molecule has 1 atom stereocenters. The number of nitrogens with one attached hydrogen (secondary N) is 1. The van der Waals surface area contributed by atoms with Crippen molar-refractivity contribution in [1.82, 2.24) is 4.90 Å². The first kappa shape index (κ1) is 20.8. The molecule has 0 radical (unpaired) electrons. The van der Waals surface area contributed by atoms with Gasteiger partial charge in [0.2, 0.25) is 5.91 Å². The van der Waals surface area contributed by atoms with Crippen LogP contribution in [0.5, 0.6) is 11.5 Å². The van der Waals surface area contributed by atoms with Crippen molar-refractivity contribution in [2.75, 3.05) is 26.6 Å². The van der Waals surface area contributed by atoms with E-state index >= 15 is 0 Å². The normalized spacial score (nSPS) is 12.1. The molecule has 0 fully saturated rings. The fourth-order valence-electron chi connectivity index (χ4n) is 2.79. The molecular weight excluding hydrogens is 340 g/mol. The third kappa shape index (κ3) is 5.47. The van der Waals surface area contributed by atoms with Crippen LogP contribution in [0.15, 0.2) is 42.5 Å². The third-order valence-electron chi connectivity index (χ3n) is 4.80. The van der Waals surface area contributed by atoms with E-state index in [9.17, 15) is 4.79 Å². The molecule has 1 N–H and O–H groups in total. The lowest BCUT2D eigenvalue weighted by atomic mass is 10.0. The molecule has 5 heteroatoms. The maximum Gasteiger partial charge on any atom is 0.241 e. The van der Waals surface area contributed by atoms with Gasteiger partial charge in [0, 0.05) is 23.9 Å². The largest absolute Gasteiger partial charge is 0.497 e. The Kier molecular flexibility index (Phi) is 7.25. The number of methoxy groups -OCH3 is 2. The molecule has 0 bridgehead atoms. The van der Waals surface area contributed by atoms with Crippen molar-refractivity contribution < 1.29 is 14.3 Å². The van der Waals surface area contributed by atoms with Crippen molar-refractivity contribution in [2.45, 2.75) is 39.3 Å². The van der Waals surface area contributed by atoms with E-state index in [1.165, 1.54) is 5.56 Å². The van der Waals surface area contributed by atoms with Gasteiger partial charge in [-0.3, -0.25) is 9.69 Å². The zero-order chi connectivity index (χ0) is 20.0. The summed E-state index contributed by atoms with van der Waals surface area (Å²) >= 11 is 0. The number of amides is 1. The molecule has 0 unspecified atom stereocenters. The minimum Gasteiger partial charge on any atom is -0.497 e. The molecule has 5 nitrogen and oxygen atoms in total. The zero-order valence-corrected chi connectivity index (χ0v) is 17.1. The summed E-state index contributed by atoms with van der Waals surface area (Å²) in [4.78, 5) is 14.6. The number of ether oxygens (including phenoxy) is 2. The van der Waals surface area contributed by atoms with Crippen LogP contribution in [0.2, 0.25) is 0 Å². The Hall–Kier alpha value is -2.53. The van der Waals surface area contributed by atoms with Gasteiger partial charge in [0.25, 0.3) is 0 Å². The van der Waals surface area contributed by atoms with Crippen LogP contribution < -0.4 is 14.8 Å². The Morgan fingerprint density at radius 1 is 1.04 bits per heavy atom. The summed E-state index contributed by atoms with van der Waals surface area (Å²) < 4.78 is 10.7. The molecule has 146 valence electrons. The topological polar surface area (TPSA) is 50.8 Å². The van der Waals surface area contributed by atoms with Crippen LogP contribution in [0.25, 0.3) is 0 Å². The maximum atomic E-state index is 12.6. The van der Waals surface area contributed by atoms with Crippen LogP contribution in [-0.4, -0.2) is 38.1 Å². The highest BCUT2D eigenvalue weighted by Crippen LogP contribution is 2.26. The molecule has 2 aromatic carbocycles. The fourth-order valence-corrected chi connectivity index (χ4v) is 2.79. The third-order valence-corrected chi connectivity index (χ3v) is 4.80. The highest BCUT2D eigenvalue weighted by atomic mass is 16.5. The quantitative estimate of drug-likeness (QED) is 0.753. The Bertz CT molecular complexity index is 757. The van der Waals surface area contributed by atoms with Crippen molar-refractivity contribution in [3.05, 3.63) is 53.6 Å². The number of likely N-dealkylation sites (N-methyl/N-ethyl adjacent to an activating group) is 1. The molecule has 27 heavy (non-hydrogen) atoms. The van der Waals surface area contributed by atoms with Gasteiger partial charge < -0.3 is 14.8 Å². The lowest BCUT2D eigenvalue weighted by molar-refractivity contribution is -0.120. The molecule has 0 saturated heterocycles. The number of anilines is 1. The Morgan fingerprint density at radius 3 is 2.26 bits per heavy atom. The van der Waals surface area contributed by atoms with Crippen molar-refractivity contribution in [1.29, 1.82) is 0 Å². The molecule has 0 heterocycles.